The summed E-state index contributed by atoms with van der Waals surface area (Å²) in [5, 5.41) is 3.97. The maximum atomic E-state index is 12.8. The number of aryl methyl sites for hydroxylation is 1. The van der Waals surface area contributed by atoms with Gasteiger partial charge < -0.3 is 19.9 Å². The Kier molecular flexibility index (Phi) is 6.02. The van der Waals surface area contributed by atoms with Gasteiger partial charge in [-0.15, -0.1) is 0 Å². The minimum Gasteiger partial charge on any atom is -0.456 e. The smallest absolute Gasteiger partial charge is 0.306 e. The van der Waals surface area contributed by atoms with Gasteiger partial charge in [-0.3, -0.25) is 14.4 Å². The highest BCUT2D eigenvalue weighted by atomic mass is 16.5. The zero-order valence-electron chi connectivity index (χ0n) is 17.4. The fourth-order valence-electron chi connectivity index (χ4n) is 4.01. The van der Waals surface area contributed by atoms with E-state index in [4.69, 9.17) is 4.74 Å². The molecular weight excluding hydrogens is 394 g/mol. The van der Waals surface area contributed by atoms with Crippen molar-refractivity contribution in [2.75, 3.05) is 16.8 Å². The van der Waals surface area contributed by atoms with Crippen molar-refractivity contribution in [2.24, 2.45) is 0 Å². The Hall–Kier alpha value is -3.61. The highest BCUT2D eigenvalue weighted by Gasteiger charge is 2.30. The highest BCUT2D eigenvalue weighted by Crippen LogP contribution is 2.31. The minimum atomic E-state index is -0.404. The number of hydrogen-bond acceptors (Lipinski definition) is 4. The quantitative estimate of drug-likeness (QED) is 0.595. The van der Waals surface area contributed by atoms with E-state index >= 15 is 0 Å². The number of amides is 2. The number of benzene rings is 2. The Morgan fingerprint density at radius 1 is 1.13 bits per heavy atom. The molecule has 1 aliphatic heterocycles. The number of rotatable bonds is 6. The topological polar surface area (TPSA) is 91.5 Å². The van der Waals surface area contributed by atoms with Crippen molar-refractivity contribution in [1.82, 2.24) is 4.98 Å². The summed E-state index contributed by atoms with van der Waals surface area (Å²) in [5.41, 5.74) is 3.42. The number of anilines is 2. The van der Waals surface area contributed by atoms with Crippen LogP contribution in [0.2, 0.25) is 0 Å². The lowest BCUT2D eigenvalue weighted by molar-refractivity contribution is -0.148. The summed E-state index contributed by atoms with van der Waals surface area (Å²) in [7, 11) is 0. The number of nitrogens with zero attached hydrogens (tertiary/aromatic N) is 1. The maximum Gasteiger partial charge on any atom is 0.306 e. The second-order valence-corrected chi connectivity index (χ2v) is 7.76. The van der Waals surface area contributed by atoms with Crippen LogP contribution in [0.25, 0.3) is 10.9 Å². The van der Waals surface area contributed by atoms with Gasteiger partial charge in [-0.2, -0.15) is 0 Å². The first kappa shape index (κ1) is 20.7. The Balaban J connectivity index is 1.32. The molecule has 2 N–H and O–H groups in total. The van der Waals surface area contributed by atoms with Crippen molar-refractivity contribution in [3.05, 3.63) is 60.3 Å². The summed E-state index contributed by atoms with van der Waals surface area (Å²) in [6.45, 7) is 1.46. The van der Waals surface area contributed by atoms with E-state index in [1.807, 2.05) is 31.3 Å². The Morgan fingerprint density at radius 2 is 1.90 bits per heavy atom. The van der Waals surface area contributed by atoms with Crippen LogP contribution in [0.4, 0.5) is 11.4 Å². The van der Waals surface area contributed by atoms with Crippen molar-refractivity contribution in [2.45, 2.75) is 38.6 Å². The largest absolute Gasteiger partial charge is 0.456 e. The lowest BCUT2D eigenvalue weighted by Gasteiger charge is -2.27. The van der Waals surface area contributed by atoms with Gasteiger partial charge in [0, 0.05) is 36.0 Å². The van der Waals surface area contributed by atoms with Gasteiger partial charge in [0.15, 0.2) is 6.61 Å². The van der Waals surface area contributed by atoms with Crippen LogP contribution < -0.4 is 10.2 Å². The number of para-hydroxylation sites is 3. The monoisotopic (exact) mass is 419 g/mol. The number of nitrogens with one attached hydrogen (secondary N) is 2. The number of ether oxygens (including phenoxy) is 1. The minimum absolute atomic E-state index is 0.149. The van der Waals surface area contributed by atoms with Crippen LogP contribution in [0.15, 0.2) is 54.7 Å². The van der Waals surface area contributed by atoms with Gasteiger partial charge >= 0.3 is 5.97 Å². The third kappa shape index (κ3) is 4.60. The molecule has 1 aliphatic rings. The molecule has 160 valence electrons. The summed E-state index contributed by atoms with van der Waals surface area (Å²) in [6.07, 6.45) is 3.76. The lowest BCUT2D eigenvalue weighted by atomic mass is 10.1. The van der Waals surface area contributed by atoms with E-state index in [0.717, 1.165) is 22.9 Å². The second kappa shape index (κ2) is 9.04. The van der Waals surface area contributed by atoms with Gasteiger partial charge in [0.25, 0.3) is 5.91 Å². The average molecular weight is 419 g/mol. The van der Waals surface area contributed by atoms with E-state index < -0.39 is 5.97 Å². The first-order valence-corrected chi connectivity index (χ1v) is 10.4. The summed E-state index contributed by atoms with van der Waals surface area (Å²) in [6, 6.07) is 14.8. The number of aromatic amines is 1. The zero-order chi connectivity index (χ0) is 21.8. The van der Waals surface area contributed by atoms with Crippen LogP contribution in [0.5, 0.6) is 0 Å². The fourth-order valence-corrected chi connectivity index (χ4v) is 4.01. The normalized spacial score (nSPS) is 15.8. The average Bonchev–Trinajstić information content (AvgIpc) is 3.11. The molecule has 0 aliphatic carbocycles. The molecule has 31 heavy (non-hydrogen) atoms. The van der Waals surface area contributed by atoms with Gasteiger partial charge in [-0.25, -0.2) is 0 Å². The van der Waals surface area contributed by atoms with E-state index in [1.165, 1.54) is 4.90 Å². The second-order valence-electron chi connectivity index (χ2n) is 7.76. The Labute approximate surface area is 180 Å². The summed E-state index contributed by atoms with van der Waals surface area (Å²) in [5.74, 6) is -0.899. The first-order chi connectivity index (χ1) is 15.0. The lowest BCUT2D eigenvalue weighted by Crippen LogP contribution is -2.41. The van der Waals surface area contributed by atoms with Crippen molar-refractivity contribution in [1.29, 1.82) is 0 Å². The van der Waals surface area contributed by atoms with Crippen molar-refractivity contribution in [3.63, 3.8) is 0 Å². The molecule has 0 saturated heterocycles. The zero-order valence-corrected chi connectivity index (χ0v) is 17.4. The number of carbonyl (C=O) groups is 3. The molecule has 2 amide bonds. The van der Waals surface area contributed by atoms with Crippen LogP contribution in [0, 0.1) is 0 Å². The third-order valence-corrected chi connectivity index (χ3v) is 5.49. The van der Waals surface area contributed by atoms with Gasteiger partial charge in [-0.05, 0) is 43.5 Å². The molecule has 1 unspecified atom stereocenters. The molecule has 0 spiro atoms. The van der Waals surface area contributed by atoms with E-state index in [0.29, 0.717) is 17.8 Å². The maximum absolute atomic E-state index is 12.8. The molecular formula is C24H25N3O4. The number of carbonyl (C=O) groups excluding carboxylic acids is 3. The number of H-pyrrole nitrogens is 1. The SMILES string of the molecule is CC1CC(=O)Nc2ccccc2N1C(=O)COC(=O)CCCc1c[nH]c2ccccc12. The first-order valence-electron chi connectivity index (χ1n) is 10.4. The fraction of sp³-hybridized carbons (Fsp3) is 0.292. The van der Waals surface area contributed by atoms with Gasteiger partial charge in [-0.1, -0.05) is 30.3 Å². The summed E-state index contributed by atoms with van der Waals surface area (Å²) in [4.78, 5) is 41.9. The van der Waals surface area contributed by atoms with Gasteiger partial charge in [0.2, 0.25) is 5.91 Å². The highest BCUT2D eigenvalue weighted by molar-refractivity contribution is 6.05. The summed E-state index contributed by atoms with van der Waals surface area (Å²) < 4.78 is 5.25. The molecule has 0 bridgehead atoms. The number of hydrogen-bond donors (Lipinski definition) is 2. The van der Waals surface area contributed by atoms with Crippen molar-refractivity contribution in [3.8, 4) is 0 Å². The Bertz CT molecular complexity index is 1120. The molecule has 4 rings (SSSR count). The van der Waals surface area contributed by atoms with Gasteiger partial charge in [0.1, 0.15) is 0 Å². The Morgan fingerprint density at radius 3 is 2.77 bits per heavy atom. The van der Waals surface area contributed by atoms with E-state index in [2.05, 4.69) is 16.4 Å². The molecule has 2 aromatic carbocycles. The number of aromatic nitrogens is 1. The van der Waals surface area contributed by atoms with Crippen molar-refractivity contribution >= 4 is 40.1 Å². The van der Waals surface area contributed by atoms with E-state index in [1.54, 1.807) is 24.3 Å². The standard InChI is InChI=1S/C24H25N3O4/c1-16-13-22(28)26-20-10-4-5-11-21(20)27(16)23(29)15-31-24(30)12-6-7-17-14-25-19-9-3-2-8-18(17)19/h2-5,8-11,14,16,25H,6-7,12-13,15H2,1H3,(H,26,28). The predicted octanol–water partition coefficient (Wildman–Crippen LogP) is 3.80. The van der Waals surface area contributed by atoms with E-state index in [9.17, 15) is 14.4 Å². The van der Waals surface area contributed by atoms with Crippen LogP contribution in [0.3, 0.4) is 0 Å². The van der Waals surface area contributed by atoms with Crippen LogP contribution >= 0.6 is 0 Å². The van der Waals surface area contributed by atoms with Crippen molar-refractivity contribution < 1.29 is 19.1 Å². The van der Waals surface area contributed by atoms with Crippen LogP contribution in [-0.2, 0) is 25.5 Å². The molecule has 7 nitrogen and oxygen atoms in total. The van der Waals surface area contributed by atoms with E-state index in [-0.39, 0.29) is 37.3 Å². The molecule has 0 saturated carbocycles. The third-order valence-electron chi connectivity index (χ3n) is 5.49. The molecule has 7 heteroatoms. The van der Waals surface area contributed by atoms with Crippen LogP contribution in [0.1, 0.15) is 31.7 Å². The molecule has 0 fully saturated rings. The molecule has 1 atom stereocenters. The summed E-state index contributed by atoms with van der Waals surface area (Å²) >= 11 is 0. The molecule has 3 aromatic rings. The molecule has 1 aromatic heterocycles. The predicted molar refractivity (Wildman–Crippen MR) is 119 cm³/mol. The number of esters is 1. The molecule has 0 radical (unpaired) electrons. The number of fused-ring (bicyclic) bond motifs is 2. The van der Waals surface area contributed by atoms with Crippen LogP contribution in [-0.4, -0.2) is 35.4 Å². The van der Waals surface area contributed by atoms with Gasteiger partial charge in [0.05, 0.1) is 11.4 Å². The molecule has 2 heterocycles.